The van der Waals surface area contributed by atoms with Crippen molar-refractivity contribution in [3.05, 3.63) is 169 Å². The second-order valence-electron chi connectivity index (χ2n) is 12.0. The lowest BCUT2D eigenvalue weighted by atomic mass is 10.0. The van der Waals surface area contributed by atoms with E-state index in [0.29, 0.717) is 0 Å². The van der Waals surface area contributed by atoms with Crippen molar-refractivity contribution < 1.29 is 9.47 Å². The summed E-state index contributed by atoms with van der Waals surface area (Å²) in [5, 5.41) is 7.92. The minimum Gasteiger partial charge on any atom is -0.488 e. The molecule has 2 aliphatic heterocycles. The highest BCUT2D eigenvalue weighted by Crippen LogP contribution is 2.42. The fraction of sp³-hybridized carbons (Fsp3) is 0.143. The summed E-state index contributed by atoms with van der Waals surface area (Å²) in [6, 6.07) is 57.4. The first-order valence-corrected chi connectivity index (χ1v) is 20.1. The Labute approximate surface area is 284 Å². The lowest BCUT2D eigenvalue weighted by molar-refractivity contribution is 0.201. The number of thioether (sulfide) groups is 1. The molecule has 2 aliphatic rings. The molecular formula is C42H36O2P2S. The molecule has 2 nitrogen and oxygen atoms in total. The van der Waals surface area contributed by atoms with Crippen LogP contribution in [0.2, 0.25) is 0 Å². The number of benzene rings is 6. The summed E-state index contributed by atoms with van der Waals surface area (Å²) >= 11 is 1.96. The van der Waals surface area contributed by atoms with Crippen molar-refractivity contribution in [1.82, 2.24) is 0 Å². The van der Waals surface area contributed by atoms with Gasteiger partial charge in [0.25, 0.3) is 0 Å². The summed E-state index contributed by atoms with van der Waals surface area (Å²) in [5.41, 5.74) is 2.49. The van der Waals surface area contributed by atoms with E-state index in [1.807, 2.05) is 11.8 Å². The van der Waals surface area contributed by atoms with Gasteiger partial charge >= 0.3 is 0 Å². The summed E-state index contributed by atoms with van der Waals surface area (Å²) < 4.78 is 14.5. The van der Waals surface area contributed by atoms with Crippen LogP contribution in [0.3, 0.4) is 0 Å². The van der Waals surface area contributed by atoms with Gasteiger partial charge in [0.15, 0.2) is 0 Å². The van der Waals surface area contributed by atoms with Gasteiger partial charge < -0.3 is 9.47 Å². The molecule has 5 heteroatoms. The summed E-state index contributed by atoms with van der Waals surface area (Å²) in [4.78, 5) is 0. The topological polar surface area (TPSA) is 18.5 Å². The van der Waals surface area contributed by atoms with E-state index >= 15 is 0 Å². The molecule has 0 radical (unpaired) electrons. The standard InChI is InChI=1S/C42H36O2P2S/c1-5-17-35(18-6-1)45(36-19-7-2-8-20-36)39-25-13-15-31-27-34-30-47-29-33(43-41(31)39)28-32-16-14-26-40(42(32)44-34)46(37-21-9-3-10-22-37)38-23-11-4-12-24-38/h1-26,33-34H,27-30H2/t33-,34?/m0/s1. The van der Waals surface area contributed by atoms with Gasteiger partial charge in [0.2, 0.25) is 0 Å². The number of rotatable bonds is 6. The summed E-state index contributed by atoms with van der Waals surface area (Å²) in [5.74, 6) is 3.97. The van der Waals surface area contributed by atoms with Gasteiger partial charge in [0.1, 0.15) is 23.7 Å². The van der Waals surface area contributed by atoms with Crippen LogP contribution in [-0.4, -0.2) is 23.7 Å². The number of hydrogen-bond acceptors (Lipinski definition) is 3. The van der Waals surface area contributed by atoms with Gasteiger partial charge in [0.05, 0.1) is 0 Å². The molecule has 6 aromatic rings. The molecule has 2 bridgehead atoms. The maximum Gasteiger partial charge on any atom is 0.131 e. The minimum absolute atomic E-state index is 0.0254. The van der Waals surface area contributed by atoms with Crippen molar-refractivity contribution in [2.75, 3.05) is 11.5 Å². The SMILES string of the molecule is c1ccc(P(c2ccccc2)c2cccc3c2OC2CSC[C@H](C3)Oc3c(cccc3P(c3ccccc3)c3ccccc3)C2)cc1. The highest BCUT2D eigenvalue weighted by Gasteiger charge is 2.32. The maximum atomic E-state index is 7.27. The van der Waals surface area contributed by atoms with Crippen LogP contribution < -0.4 is 41.3 Å². The van der Waals surface area contributed by atoms with E-state index in [2.05, 4.69) is 158 Å². The second-order valence-corrected chi connectivity index (χ2v) is 17.4. The molecular weight excluding hydrogens is 630 g/mol. The quantitative estimate of drug-likeness (QED) is 0.175. The van der Waals surface area contributed by atoms with Crippen LogP contribution in [0.5, 0.6) is 11.5 Å². The zero-order chi connectivity index (χ0) is 31.4. The van der Waals surface area contributed by atoms with Gasteiger partial charge in [-0.05, 0) is 48.2 Å². The Kier molecular flexibility index (Phi) is 9.13. The molecule has 2 heterocycles. The van der Waals surface area contributed by atoms with Gasteiger partial charge in [0, 0.05) is 35.0 Å². The Balaban J connectivity index is 1.24. The molecule has 0 N–H and O–H groups in total. The van der Waals surface area contributed by atoms with Crippen LogP contribution in [0.25, 0.3) is 0 Å². The lowest BCUT2D eigenvalue weighted by Gasteiger charge is -2.30. The van der Waals surface area contributed by atoms with Crippen molar-refractivity contribution >= 4 is 59.4 Å². The molecule has 0 amide bonds. The first-order chi connectivity index (χ1) is 23.3. The van der Waals surface area contributed by atoms with Gasteiger partial charge in [-0.25, -0.2) is 0 Å². The summed E-state index contributed by atoms with van der Waals surface area (Å²) in [7, 11) is -1.60. The Bertz CT molecular complexity index is 1720. The lowest BCUT2D eigenvalue weighted by Crippen LogP contribution is -2.31. The zero-order valence-corrected chi connectivity index (χ0v) is 28.7. The predicted octanol–water partition coefficient (Wildman–Crippen LogP) is 7.24. The molecule has 0 spiro atoms. The zero-order valence-electron chi connectivity index (χ0n) is 26.1. The molecule has 0 fully saturated rings. The molecule has 232 valence electrons. The minimum atomic E-state index is -0.802. The number of ether oxygens (including phenoxy) is 2. The van der Waals surface area contributed by atoms with Crippen LogP contribution >= 0.6 is 27.6 Å². The molecule has 47 heavy (non-hydrogen) atoms. The van der Waals surface area contributed by atoms with Gasteiger partial charge in [-0.2, -0.15) is 11.8 Å². The fourth-order valence-corrected chi connectivity index (χ4v) is 12.6. The second kappa shape index (κ2) is 14.1. The van der Waals surface area contributed by atoms with Gasteiger partial charge in [-0.15, -0.1) is 0 Å². The average molecular weight is 667 g/mol. The molecule has 0 saturated carbocycles. The maximum absolute atomic E-state index is 7.27. The third-order valence-corrected chi connectivity index (χ3v) is 14.9. The van der Waals surface area contributed by atoms with Crippen molar-refractivity contribution in [2.45, 2.75) is 25.0 Å². The molecule has 2 atom stereocenters. The smallest absolute Gasteiger partial charge is 0.131 e. The number of hydrogen-bond donors (Lipinski definition) is 0. The van der Waals surface area contributed by atoms with Crippen LogP contribution in [0.15, 0.2) is 158 Å². The first kappa shape index (κ1) is 30.5. The van der Waals surface area contributed by atoms with Crippen LogP contribution in [0, 0.1) is 0 Å². The van der Waals surface area contributed by atoms with E-state index in [-0.39, 0.29) is 12.2 Å². The molecule has 0 aromatic heterocycles. The normalized spacial score (nSPS) is 17.2. The summed E-state index contributed by atoms with van der Waals surface area (Å²) in [6.45, 7) is 0. The van der Waals surface area contributed by atoms with Crippen LogP contribution in [0.1, 0.15) is 11.1 Å². The Hall–Kier alpha value is -3.87. The summed E-state index contributed by atoms with van der Waals surface area (Å²) in [6.07, 6.45) is 1.66. The molecule has 1 unspecified atom stereocenters. The molecule has 6 aromatic carbocycles. The van der Waals surface area contributed by atoms with E-state index in [4.69, 9.17) is 9.47 Å². The van der Waals surface area contributed by atoms with Crippen LogP contribution in [0.4, 0.5) is 0 Å². The van der Waals surface area contributed by atoms with Crippen LogP contribution in [-0.2, 0) is 12.8 Å². The molecule has 0 saturated heterocycles. The van der Waals surface area contributed by atoms with E-state index in [9.17, 15) is 0 Å². The largest absolute Gasteiger partial charge is 0.488 e. The Morgan fingerprint density at radius 1 is 0.404 bits per heavy atom. The molecule has 0 aliphatic carbocycles. The van der Waals surface area contributed by atoms with Gasteiger partial charge in [-0.1, -0.05) is 158 Å². The monoisotopic (exact) mass is 666 g/mol. The number of fused-ring (bicyclic) bond motifs is 6. The molecule has 8 rings (SSSR count). The van der Waals surface area contributed by atoms with E-state index in [0.717, 1.165) is 35.8 Å². The van der Waals surface area contributed by atoms with Crippen molar-refractivity contribution in [1.29, 1.82) is 0 Å². The van der Waals surface area contributed by atoms with E-state index in [1.54, 1.807) is 0 Å². The van der Waals surface area contributed by atoms with Crippen molar-refractivity contribution in [3.63, 3.8) is 0 Å². The van der Waals surface area contributed by atoms with Gasteiger partial charge in [-0.3, -0.25) is 0 Å². The predicted molar refractivity (Wildman–Crippen MR) is 204 cm³/mol. The number of para-hydroxylation sites is 2. The van der Waals surface area contributed by atoms with E-state index < -0.39 is 15.8 Å². The fourth-order valence-electron chi connectivity index (χ4n) is 6.68. The van der Waals surface area contributed by atoms with E-state index in [1.165, 1.54) is 43.0 Å². The first-order valence-electron chi connectivity index (χ1n) is 16.3. The Morgan fingerprint density at radius 3 is 1.09 bits per heavy atom. The van der Waals surface area contributed by atoms with Crippen molar-refractivity contribution in [2.24, 2.45) is 0 Å². The Morgan fingerprint density at radius 2 is 0.745 bits per heavy atom. The highest BCUT2D eigenvalue weighted by atomic mass is 32.2. The van der Waals surface area contributed by atoms with Crippen molar-refractivity contribution in [3.8, 4) is 11.5 Å². The average Bonchev–Trinajstić information content (AvgIpc) is 3.27. The highest BCUT2D eigenvalue weighted by molar-refractivity contribution is 7.99. The third-order valence-electron chi connectivity index (χ3n) is 8.76. The third kappa shape index (κ3) is 6.50.